The maximum Gasteiger partial charge on any atom is 0.316 e. The van der Waals surface area contributed by atoms with Crippen molar-refractivity contribution < 1.29 is 19.4 Å². The number of rotatable bonds is 10. The summed E-state index contributed by atoms with van der Waals surface area (Å²) in [5.74, 6) is -0.417. The number of carboxylic acid groups (broad SMARTS) is 1. The first-order valence-electron chi connectivity index (χ1n) is 12.2. The molecule has 0 aliphatic carbocycles. The van der Waals surface area contributed by atoms with E-state index in [0.29, 0.717) is 18.0 Å². The van der Waals surface area contributed by atoms with Crippen LogP contribution in [0, 0.1) is 5.92 Å². The topological polar surface area (TPSA) is 96.8 Å². The largest absolute Gasteiger partial charge is 0.481 e. The summed E-state index contributed by atoms with van der Waals surface area (Å²) in [7, 11) is 1.53. The minimum absolute atomic E-state index is 0.0834. The second kappa shape index (κ2) is 13.7. The molecule has 2 aromatic rings. The summed E-state index contributed by atoms with van der Waals surface area (Å²) >= 11 is 0. The lowest BCUT2D eigenvalue weighted by Crippen LogP contribution is -2.42. The molecule has 34 heavy (non-hydrogen) atoms. The maximum absolute atomic E-state index is 11.3. The number of nitrogens with zero attached hydrogens (tertiary/aromatic N) is 3. The van der Waals surface area contributed by atoms with Crippen LogP contribution in [0.25, 0.3) is 0 Å². The summed E-state index contributed by atoms with van der Waals surface area (Å²) in [5.41, 5.74) is 3.73. The maximum atomic E-state index is 11.3. The molecule has 2 N–H and O–H groups in total. The number of hydrogen-bond donors (Lipinski definition) is 2. The van der Waals surface area contributed by atoms with Gasteiger partial charge < -0.3 is 24.8 Å². The lowest BCUT2D eigenvalue weighted by molar-refractivity contribution is -0.137. The van der Waals surface area contributed by atoms with Gasteiger partial charge in [-0.15, -0.1) is 0 Å². The van der Waals surface area contributed by atoms with Crippen LogP contribution in [0.5, 0.6) is 6.01 Å². The fourth-order valence-electron chi connectivity index (χ4n) is 4.07. The van der Waals surface area contributed by atoms with E-state index in [9.17, 15) is 9.90 Å². The van der Waals surface area contributed by atoms with Crippen LogP contribution in [0.3, 0.4) is 0 Å². The van der Waals surface area contributed by atoms with E-state index in [-0.39, 0.29) is 12.3 Å². The first-order chi connectivity index (χ1) is 16.4. The van der Waals surface area contributed by atoms with Crippen LogP contribution in [-0.2, 0) is 9.53 Å². The number of methoxy groups -OCH3 is 1. The third-order valence-electron chi connectivity index (χ3n) is 5.66. The van der Waals surface area contributed by atoms with Crippen LogP contribution >= 0.6 is 0 Å². The first kappa shape index (κ1) is 27.4. The fraction of sp³-hybridized carbons (Fsp3) is 0.577. The van der Waals surface area contributed by atoms with Crippen molar-refractivity contribution in [3.05, 3.63) is 36.2 Å². The number of aliphatic carboxylic acids is 1. The number of ether oxygens (including phenoxy) is 2. The first-order valence-corrected chi connectivity index (χ1v) is 12.2. The molecule has 8 heteroatoms. The Morgan fingerprint density at radius 3 is 2.41 bits per heavy atom. The third-order valence-corrected chi connectivity index (χ3v) is 5.66. The third kappa shape index (κ3) is 7.87. The van der Waals surface area contributed by atoms with Gasteiger partial charge in [0.25, 0.3) is 0 Å². The zero-order chi connectivity index (χ0) is 25.1. The molecule has 1 atom stereocenters. The van der Waals surface area contributed by atoms with E-state index in [1.807, 2.05) is 26.8 Å². The van der Waals surface area contributed by atoms with E-state index in [0.717, 1.165) is 55.2 Å². The average molecular weight is 473 g/mol. The Labute approximate surface area is 203 Å². The molecule has 8 nitrogen and oxygen atoms in total. The van der Waals surface area contributed by atoms with Gasteiger partial charge in [0.1, 0.15) is 0 Å². The summed E-state index contributed by atoms with van der Waals surface area (Å²) < 4.78 is 10.7. The summed E-state index contributed by atoms with van der Waals surface area (Å²) in [4.78, 5) is 22.1. The van der Waals surface area contributed by atoms with Crippen molar-refractivity contribution in [1.82, 2.24) is 9.97 Å². The standard InChI is InChI=1S/C24H34N4O4.C2H6/c1-16(2)15-28(20-7-9-32-10-8-20)22-6-5-18(17(3)11-23(29)30)12-21(22)27-19-13-25-24(31-4)26-14-19;1-2/h5-6,12-14,16-17,20,27H,7-11,15H2,1-4H3,(H,29,30);1-2H3. The zero-order valence-corrected chi connectivity index (χ0v) is 21.4. The molecular weight excluding hydrogens is 432 g/mol. The minimum Gasteiger partial charge on any atom is -0.481 e. The van der Waals surface area contributed by atoms with Gasteiger partial charge in [-0.25, -0.2) is 9.97 Å². The summed E-state index contributed by atoms with van der Waals surface area (Å²) in [6.07, 6.45) is 5.42. The van der Waals surface area contributed by atoms with Crippen molar-refractivity contribution in [2.45, 2.75) is 65.8 Å². The van der Waals surface area contributed by atoms with E-state index in [4.69, 9.17) is 9.47 Å². The van der Waals surface area contributed by atoms with Crippen molar-refractivity contribution in [2.75, 3.05) is 37.1 Å². The Balaban J connectivity index is 0.00000199. The SMILES string of the molecule is CC.COc1ncc(Nc2cc(C(C)CC(=O)O)ccc2N(CC(C)C)C2CCOCC2)cn1. The van der Waals surface area contributed by atoms with Crippen LogP contribution in [0.15, 0.2) is 30.6 Å². The number of benzene rings is 1. The highest BCUT2D eigenvalue weighted by Crippen LogP contribution is 2.36. The lowest BCUT2D eigenvalue weighted by atomic mass is 9.95. The average Bonchev–Trinajstić information content (AvgIpc) is 2.84. The van der Waals surface area contributed by atoms with Gasteiger partial charge in [-0.3, -0.25) is 4.79 Å². The van der Waals surface area contributed by atoms with Crippen molar-refractivity contribution >= 4 is 23.0 Å². The smallest absolute Gasteiger partial charge is 0.316 e. The summed E-state index contributed by atoms with van der Waals surface area (Å²) in [6.45, 7) is 12.8. The van der Waals surface area contributed by atoms with Gasteiger partial charge in [0, 0.05) is 25.8 Å². The molecule has 1 saturated heterocycles. The number of carbonyl (C=O) groups is 1. The second-order valence-corrected chi connectivity index (χ2v) is 8.75. The van der Waals surface area contributed by atoms with Gasteiger partial charge in [0.05, 0.1) is 43.0 Å². The Kier molecular flexibility index (Phi) is 11.1. The van der Waals surface area contributed by atoms with Gasteiger partial charge in [0.2, 0.25) is 0 Å². The predicted molar refractivity (Wildman–Crippen MR) is 136 cm³/mol. The van der Waals surface area contributed by atoms with Crippen LogP contribution in [0.2, 0.25) is 0 Å². The molecule has 0 radical (unpaired) electrons. The molecule has 2 heterocycles. The number of aromatic nitrogens is 2. The monoisotopic (exact) mass is 472 g/mol. The van der Waals surface area contributed by atoms with Gasteiger partial charge >= 0.3 is 12.0 Å². The molecule has 1 aliphatic rings. The Hall–Kier alpha value is -2.87. The van der Waals surface area contributed by atoms with E-state index in [2.05, 4.69) is 46.2 Å². The summed E-state index contributed by atoms with van der Waals surface area (Å²) in [6, 6.07) is 6.91. The quantitative estimate of drug-likeness (QED) is 0.470. The molecule has 1 unspecified atom stereocenters. The van der Waals surface area contributed by atoms with Crippen LogP contribution < -0.4 is 15.0 Å². The normalized spacial score (nSPS) is 14.7. The van der Waals surface area contributed by atoms with E-state index in [1.54, 1.807) is 12.4 Å². The Bertz CT molecular complexity index is 883. The van der Waals surface area contributed by atoms with E-state index in [1.165, 1.54) is 7.11 Å². The van der Waals surface area contributed by atoms with Crippen molar-refractivity contribution in [2.24, 2.45) is 5.92 Å². The summed E-state index contributed by atoms with van der Waals surface area (Å²) in [5, 5.41) is 12.7. The van der Waals surface area contributed by atoms with Gasteiger partial charge in [-0.1, -0.05) is 40.7 Å². The van der Waals surface area contributed by atoms with Crippen LogP contribution in [-0.4, -0.2) is 54.0 Å². The highest BCUT2D eigenvalue weighted by molar-refractivity contribution is 5.77. The number of carboxylic acids is 1. The van der Waals surface area contributed by atoms with Crippen LogP contribution in [0.1, 0.15) is 65.4 Å². The number of nitrogens with one attached hydrogen (secondary N) is 1. The van der Waals surface area contributed by atoms with E-state index >= 15 is 0 Å². The number of hydrogen-bond acceptors (Lipinski definition) is 7. The second-order valence-electron chi connectivity index (χ2n) is 8.75. The highest BCUT2D eigenvalue weighted by atomic mass is 16.5. The van der Waals surface area contributed by atoms with Gasteiger partial charge in [-0.05, 0) is 42.4 Å². The highest BCUT2D eigenvalue weighted by Gasteiger charge is 2.25. The van der Waals surface area contributed by atoms with Crippen molar-refractivity contribution in [3.63, 3.8) is 0 Å². The Morgan fingerprint density at radius 1 is 1.21 bits per heavy atom. The molecule has 1 aromatic heterocycles. The molecule has 0 spiro atoms. The molecule has 1 fully saturated rings. The molecule has 1 aliphatic heterocycles. The lowest BCUT2D eigenvalue weighted by Gasteiger charge is -2.38. The molecule has 0 amide bonds. The fourth-order valence-corrected chi connectivity index (χ4v) is 4.07. The van der Waals surface area contributed by atoms with Gasteiger partial charge in [-0.2, -0.15) is 0 Å². The minimum atomic E-state index is -0.803. The van der Waals surface area contributed by atoms with Crippen LogP contribution in [0.4, 0.5) is 17.1 Å². The zero-order valence-electron chi connectivity index (χ0n) is 21.4. The molecule has 3 rings (SSSR count). The Morgan fingerprint density at radius 2 is 1.85 bits per heavy atom. The molecule has 188 valence electrons. The molecule has 0 saturated carbocycles. The van der Waals surface area contributed by atoms with Crippen molar-refractivity contribution in [3.8, 4) is 6.01 Å². The van der Waals surface area contributed by atoms with Crippen molar-refractivity contribution in [1.29, 1.82) is 0 Å². The predicted octanol–water partition coefficient (Wildman–Crippen LogP) is 5.47. The molecule has 1 aromatic carbocycles. The molecule has 0 bridgehead atoms. The van der Waals surface area contributed by atoms with Gasteiger partial charge in [0.15, 0.2) is 0 Å². The molecular formula is C26H40N4O4. The van der Waals surface area contributed by atoms with E-state index < -0.39 is 5.97 Å². The number of anilines is 3.